The highest BCUT2D eigenvalue weighted by Gasteiger charge is 2.14. The van der Waals surface area contributed by atoms with Gasteiger partial charge in [0.1, 0.15) is 0 Å². The third-order valence-corrected chi connectivity index (χ3v) is 5.79. The van der Waals surface area contributed by atoms with Crippen LogP contribution in [0.5, 0.6) is 5.75 Å². The summed E-state index contributed by atoms with van der Waals surface area (Å²) in [5.74, 6) is -1.89. The Kier molecular flexibility index (Phi) is 6.31. The highest BCUT2D eigenvalue weighted by Crippen LogP contribution is 2.33. The van der Waals surface area contributed by atoms with Crippen LogP contribution in [-0.4, -0.2) is 13.4 Å². The Bertz CT molecular complexity index is 1250. The summed E-state index contributed by atoms with van der Waals surface area (Å²) in [5, 5.41) is 1.96. The fraction of sp³-hybridized carbons (Fsp3) is 0.179. The first kappa shape index (κ1) is 21.7. The molecular formula is C28H24F2O2. The molecule has 2 nitrogen and oxygen atoms in total. The van der Waals surface area contributed by atoms with Gasteiger partial charge in [-0.15, -0.1) is 0 Å². The number of benzene rings is 4. The molecule has 0 saturated carbocycles. The first-order valence-corrected chi connectivity index (χ1v) is 10.7. The third kappa shape index (κ3) is 4.13. The molecule has 0 aliphatic heterocycles. The average molecular weight is 430 g/mol. The van der Waals surface area contributed by atoms with Crippen LogP contribution in [0, 0.1) is 11.6 Å². The Morgan fingerprint density at radius 2 is 1.53 bits per heavy atom. The molecule has 4 heteroatoms. The minimum absolute atomic E-state index is 0.394. The molecule has 0 saturated heterocycles. The fourth-order valence-electron chi connectivity index (χ4n) is 4.08. The molecule has 4 rings (SSSR count). The topological polar surface area (TPSA) is 26.3 Å². The summed E-state index contributed by atoms with van der Waals surface area (Å²) in [6.07, 6.45) is 4.20. The van der Waals surface area contributed by atoms with Crippen molar-refractivity contribution < 1.29 is 18.3 Å². The summed E-state index contributed by atoms with van der Waals surface area (Å²) < 4.78 is 32.9. The second-order valence-electron chi connectivity index (χ2n) is 7.85. The molecule has 0 fully saturated rings. The quantitative estimate of drug-likeness (QED) is 0.282. The molecule has 0 heterocycles. The molecule has 0 spiro atoms. The van der Waals surface area contributed by atoms with E-state index in [1.807, 2.05) is 30.3 Å². The number of hydrogen-bond acceptors (Lipinski definition) is 2. The Morgan fingerprint density at radius 1 is 0.844 bits per heavy atom. The van der Waals surface area contributed by atoms with Gasteiger partial charge in [-0.05, 0) is 63.6 Å². The number of hydrogen-bond donors (Lipinski definition) is 0. The van der Waals surface area contributed by atoms with E-state index in [1.54, 1.807) is 12.1 Å². The van der Waals surface area contributed by atoms with E-state index in [-0.39, 0.29) is 0 Å². The number of unbranched alkanes of at least 4 members (excludes halogenated alkanes) is 1. The van der Waals surface area contributed by atoms with Gasteiger partial charge >= 0.3 is 0 Å². The first-order valence-electron chi connectivity index (χ1n) is 10.7. The number of rotatable bonds is 7. The van der Waals surface area contributed by atoms with E-state index in [1.165, 1.54) is 24.8 Å². The molecule has 0 bridgehead atoms. The van der Waals surface area contributed by atoms with Gasteiger partial charge in [0.25, 0.3) is 0 Å². The average Bonchev–Trinajstić information content (AvgIpc) is 2.81. The number of fused-ring (bicyclic) bond motifs is 1. The molecule has 0 N–H and O–H groups in total. The lowest BCUT2D eigenvalue weighted by Gasteiger charge is -2.12. The monoisotopic (exact) mass is 430 g/mol. The van der Waals surface area contributed by atoms with Crippen molar-refractivity contribution in [2.45, 2.75) is 26.2 Å². The summed E-state index contributed by atoms with van der Waals surface area (Å²) in [6, 6.07) is 20.1. The summed E-state index contributed by atoms with van der Waals surface area (Å²) in [6.45, 7) is 2.17. The van der Waals surface area contributed by atoms with Crippen molar-refractivity contribution in [3.05, 3.63) is 89.5 Å². The molecule has 0 radical (unpaired) electrons. The van der Waals surface area contributed by atoms with E-state index in [0.29, 0.717) is 16.7 Å². The number of carbonyl (C=O) groups excluding carboxylic acids is 1. The predicted molar refractivity (Wildman–Crippen MR) is 125 cm³/mol. The van der Waals surface area contributed by atoms with Crippen molar-refractivity contribution in [2.75, 3.05) is 7.11 Å². The van der Waals surface area contributed by atoms with Gasteiger partial charge in [0.2, 0.25) is 0 Å². The van der Waals surface area contributed by atoms with Crippen molar-refractivity contribution in [3.63, 3.8) is 0 Å². The fourth-order valence-corrected chi connectivity index (χ4v) is 4.08. The molecule has 4 aromatic rings. The Balaban J connectivity index is 1.71. The zero-order chi connectivity index (χ0) is 22.7. The maximum atomic E-state index is 14.1. The van der Waals surface area contributed by atoms with Crippen LogP contribution >= 0.6 is 0 Å². The van der Waals surface area contributed by atoms with Crippen molar-refractivity contribution in [1.29, 1.82) is 0 Å². The number of aryl methyl sites for hydroxylation is 1. The van der Waals surface area contributed by atoms with Crippen LogP contribution < -0.4 is 4.74 Å². The van der Waals surface area contributed by atoms with E-state index in [2.05, 4.69) is 19.1 Å². The Morgan fingerprint density at radius 3 is 2.16 bits per heavy atom. The lowest BCUT2D eigenvalue weighted by Crippen LogP contribution is -1.94. The van der Waals surface area contributed by atoms with Gasteiger partial charge in [-0.1, -0.05) is 67.9 Å². The van der Waals surface area contributed by atoms with E-state index in [0.717, 1.165) is 47.4 Å². The van der Waals surface area contributed by atoms with Gasteiger partial charge in [-0.2, -0.15) is 0 Å². The number of ether oxygens (including phenoxy) is 1. The minimum Gasteiger partial charge on any atom is -0.491 e. The van der Waals surface area contributed by atoms with Crippen LogP contribution in [0.25, 0.3) is 33.0 Å². The molecule has 0 aromatic heterocycles. The maximum Gasteiger partial charge on any atom is 0.190 e. The Hall–Kier alpha value is -3.53. The lowest BCUT2D eigenvalue weighted by atomic mass is 9.92. The lowest BCUT2D eigenvalue weighted by molar-refractivity contribution is 0.112. The van der Waals surface area contributed by atoms with E-state index in [4.69, 9.17) is 4.74 Å². The summed E-state index contributed by atoms with van der Waals surface area (Å²) in [5.41, 5.74) is 4.69. The molecule has 0 atom stereocenters. The van der Waals surface area contributed by atoms with Crippen LogP contribution in [0.15, 0.2) is 66.7 Å². The van der Waals surface area contributed by atoms with Crippen molar-refractivity contribution in [3.8, 4) is 28.0 Å². The zero-order valence-corrected chi connectivity index (χ0v) is 18.1. The second-order valence-corrected chi connectivity index (χ2v) is 7.85. The van der Waals surface area contributed by atoms with Gasteiger partial charge in [0.15, 0.2) is 23.7 Å². The standard InChI is InChI=1S/C28H24F2O2/c1-3-4-5-18-6-12-24-21(14-18)11-13-23(25(24)17-31)20-9-7-19(8-10-20)22-15-26(29)28(32-2)27(30)16-22/h6-17H,3-5H2,1-2H3. The van der Waals surface area contributed by atoms with Crippen LogP contribution in [0.3, 0.4) is 0 Å². The molecular weight excluding hydrogens is 406 g/mol. The van der Waals surface area contributed by atoms with Gasteiger partial charge in [-0.3, -0.25) is 4.79 Å². The molecule has 0 aliphatic carbocycles. The van der Waals surface area contributed by atoms with Crippen molar-refractivity contribution in [1.82, 2.24) is 0 Å². The van der Waals surface area contributed by atoms with E-state index < -0.39 is 17.4 Å². The van der Waals surface area contributed by atoms with Crippen LogP contribution in [-0.2, 0) is 6.42 Å². The number of aldehydes is 1. The normalized spacial score (nSPS) is 11.0. The summed E-state index contributed by atoms with van der Waals surface area (Å²) >= 11 is 0. The Labute approximate surface area is 186 Å². The molecule has 0 unspecified atom stereocenters. The summed E-state index contributed by atoms with van der Waals surface area (Å²) in [4.78, 5) is 12.0. The van der Waals surface area contributed by atoms with E-state index in [9.17, 15) is 13.6 Å². The highest BCUT2D eigenvalue weighted by molar-refractivity contribution is 6.04. The van der Waals surface area contributed by atoms with Crippen molar-refractivity contribution >= 4 is 17.1 Å². The predicted octanol–water partition coefficient (Wildman–Crippen LogP) is 7.62. The smallest absolute Gasteiger partial charge is 0.190 e. The molecule has 32 heavy (non-hydrogen) atoms. The minimum atomic E-state index is -0.748. The van der Waals surface area contributed by atoms with Gasteiger partial charge < -0.3 is 4.74 Å². The molecule has 4 aromatic carbocycles. The first-order chi connectivity index (χ1) is 15.5. The largest absolute Gasteiger partial charge is 0.491 e. The number of carbonyl (C=O) groups is 1. The molecule has 0 amide bonds. The SMILES string of the molecule is CCCCc1ccc2c(C=O)c(-c3ccc(-c4cc(F)c(OC)c(F)c4)cc3)ccc2c1. The number of methoxy groups -OCH3 is 1. The molecule has 162 valence electrons. The third-order valence-electron chi connectivity index (χ3n) is 5.79. The zero-order valence-electron chi connectivity index (χ0n) is 18.1. The van der Waals surface area contributed by atoms with Crippen LogP contribution in [0.2, 0.25) is 0 Å². The van der Waals surface area contributed by atoms with Crippen LogP contribution in [0.1, 0.15) is 35.7 Å². The van der Waals surface area contributed by atoms with Gasteiger partial charge in [0.05, 0.1) is 7.11 Å². The van der Waals surface area contributed by atoms with Gasteiger partial charge in [0, 0.05) is 5.56 Å². The van der Waals surface area contributed by atoms with Crippen molar-refractivity contribution in [2.24, 2.45) is 0 Å². The number of halogens is 2. The summed E-state index contributed by atoms with van der Waals surface area (Å²) in [7, 11) is 1.23. The molecule has 0 aliphatic rings. The van der Waals surface area contributed by atoms with E-state index >= 15 is 0 Å². The maximum absolute atomic E-state index is 14.1. The van der Waals surface area contributed by atoms with Gasteiger partial charge in [-0.25, -0.2) is 8.78 Å². The van der Waals surface area contributed by atoms with Crippen LogP contribution in [0.4, 0.5) is 8.78 Å². The second kappa shape index (κ2) is 9.31. The highest BCUT2D eigenvalue weighted by atomic mass is 19.1.